The topological polar surface area (TPSA) is 100 Å². The Morgan fingerprint density at radius 1 is 0.979 bits per heavy atom. The molecule has 0 radical (unpaired) electrons. The zero-order valence-corrected chi connectivity index (χ0v) is 28.0. The highest BCUT2D eigenvalue weighted by molar-refractivity contribution is 6.30. The summed E-state index contributed by atoms with van der Waals surface area (Å²) < 4.78 is 16.9. The van der Waals surface area contributed by atoms with E-state index in [1.54, 1.807) is 17.2 Å². The summed E-state index contributed by atoms with van der Waals surface area (Å²) in [4.78, 5) is 39.6. The number of H-pyrrole nitrogens is 1. The van der Waals surface area contributed by atoms with Crippen LogP contribution in [0.4, 0.5) is 10.5 Å². The number of fused-ring (bicyclic) bond motifs is 1. The molecule has 2 aromatic heterocycles. The molecule has 0 aliphatic carbocycles. The SMILES string of the molecule is COC(=O)c1ccc(N2CCN(CC3=C(c4ccc(Cl)cc4)CN(C(=O)OC(C)(C)C)CC3)CC2)cc1Oc1cnc2[nH]ccc2c1. The number of piperazine rings is 1. The van der Waals surface area contributed by atoms with Gasteiger partial charge in [-0.25, -0.2) is 14.6 Å². The third-order valence-corrected chi connectivity index (χ3v) is 8.68. The van der Waals surface area contributed by atoms with E-state index in [2.05, 4.69) is 19.8 Å². The smallest absolute Gasteiger partial charge is 0.410 e. The number of carbonyl (C=O) groups is 2. The molecule has 0 saturated carbocycles. The van der Waals surface area contributed by atoms with Gasteiger partial charge in [-0.1, -0.05) is 23.7 Å². The lowest BCUT2D eigenvalue weighted by molar-refractivity contribution is 0.0269. The molecule has 1 amide bonds. The van der Waals surface area contributed by atoms with Gasteiger partial charge in [0.1, 0.15) is 28.3 Å². The fourth-order valence-electron chi connectivity index (χ4n) is 6.01. The summed E-state index contributed by atoms with van der Waals surface area (Å²) in [5.74, 6) is 0.490. The number of ether oxygens (including phenoxy) is 3. The van der Waals surface area contributed by atoms with Gasteiger partial charge in [0.25, 0.3) is 0 Å². The summed E-state index contributed by atoms with van der Waals surface area (Å²) >= 11 is 6.21. The molecule has 0 bridgehead atoms. The highest BCUT2D eigenvalue weighted by Gasteiger charge is 2.29. The number of aromatic nitrogens is 2. The van der Waals surface area contributed by atoms with E-state index >= 15 is 0 Å². The van der Waals surface area contributed by atoms with Crippen molar-refractivity contribution in [1.29, 1.82) is 0 Å². The van der Waals surface area contributed by atoms with Gasteiger partial charge in [-0.05, 0) is 80.3 Å². The molecule has 2 aliphatic rings. The minimum atomic E-state index is -0.554. The third kappa shape index (κ3) is 7.72. The first kappa shape index (κ1) is 32.4. The van der Waals surface area contributed by atoms with Crippen LogP contribution in [0.1, 0.15) is 43.1 Å². The van der Waals surface area contributed by atoms with Gasteiger partial charge in [-0.15, -0.1) is 0 Å². The third-order valence-electron chi connectivity index (χ3n) is 8.43. The van der Waals surface area contributed by atoms with Crippen molar-refractivity contribution in [3.63, 3.8) is 0 Å². The van der Waals surface area contributed by atoms with Crippen LogP contribution in [0.25, 0.3) is 16.6 Å². The first-order valence-electron chi connectivity index (χ1n) is 15.8. The predicted molar refractivity (Wildman–Crippen MR) is 183 cm³/mol. The zero-order chi connectivity index (χ0) is 33.1. The van der Waals surface area contributed by atoms with Crippen molar-refractivity contribution in [2.24, 2.45) is 0 Å². The molecule has 11 heteroatoms. The zero-order valence-electron chi connectivity index (χ0n) is 27.2. The average Bonchev–Trinajstić information content (AvgIpc) is 3.53. The maximum absolute atomic E-state index is 13.0. The van der Waals surface area contributed by atoms with Gasteiger partial charge >= 0.3 is 12.1 Å². The molecule has 0 spiro atoms. The number of hydrogen-bond donors (Lipinski definition) is 1. The number of benzene rings is 2. The molecule has 47 heavy (non-hydrogen) atoms. The van der Waals surface area contributed by atoms with Crippen LogP contribution in [0, 0.1) is 0 Å². The Morgan fingerprint density at radius 3 is 2.47 bits per heavy atom. The number of halogens is 1. The number of nitrogens with one attached hydrogen (secondary N) is 1. The number of carbonyl (C=O) groups excluding carboxylic acids is 2. The molecule has 1 N–H and O–H groups in total. The van der Waals surface area contributed by atoms with Gasteiger partial charge in [0, 0.05) is 74.2 Å². The van der Waals surface area contributed by atoms with Crippen LogP contribution in [0.5, 0.6) is 11.5 Å². The number of anilines is 1. The van der Waals surface area contributed by atoms with E-state index in [1.807, 2.05) is 75.5 Å². The first-order chi connectivity index (χ1) is 22.6. The van der Waals surface area contributed by atoms with Crippen molar-refractivity contribution in [3.8, 4) is 11.5 Å². The molecule has 6 rings (SSSR count). The summed E-state index contributed by atoms with van der Waals surface area (Å²) in [6, 6.07) is 17.2. The van der Waals surface area contributed by atoms with E-state index in [9.17, 15) is 9.59 Å². The highest BCUT2D eigenvalue weighted by Crippen LogP contribution is 2.33. The quantitative estimate of drug-likeness (QED) is 0.212. The minimum Gasteiger partial charge on any atom is -0.465 e. The maximum Gasteiger partial charge on any atom is 0.410 e. The molecule has 4 aromatic rings. The second-order valence-electron chi connectivity index (χ2n) is 12.9. The number of pyridine rings is 1. The summed E-state index contributed by atoms with van der Waals surface area (Å²) in [7, 11) is 1.36. The highest BCUT2D eigenvalue weighted by atomic mass is 35.5. The lowest BCUT2D eigenvalue weighted by Gasteiger charge is -2.38. The van der Waals surface area contributed by atoms with Crippen LogP contribution in [0.3, 0.4) is 0 Å². The second-order valence-corrected chi connectivity index (χ2v) is 13.3. The maximum atomic E-state index is 13.0. The molecule has 10 nitrogen and oxygen atoms in total. The van der Waals surface area contributed by atoms with E-state index in [0.717, 1.165) is 67.0 Å². The average molecular weight is 658 g/mol. The van der Waals surface area contributed by atoms with Crippen molar-refractivity contribution in [2.75, 3.05) is 57.8 Å². The van der Waals surface area contributed by atoms with E-state index in [-0.39, 0.29) is 6.09 Å². The molecule has 4 heterocycles. The molecule has 246 valence electrons. The minimum absolute atomic E-state index is 0.292. The molecule has 2 aliphatic heterocycles. The van der Waals surface area contributed by atoms with Crippen LogP contribution in [-0.2, 0) is 9.47 Å². The van der Waals surface area contributed by atoms with E-state index in [0.29, 0.717) is 35.2 Å². The van der Waals surface area contributed by atoms with Gasteiger partial charge in [-0.2, -0.15) is 0 Å². The van der Waals surface area contributed by atoms with Crippen molar-refractivity contribution in [1.82, 2.24) is 19.8 Å². The fraction of sp³-hybridized carbons (Fsp3) is 0.361. The van der Waals surface area contributed by atoms with Crippen molar-refractivity contribution >= 4 is 46.0 Å². The normalized spacial score (nSPS) is 16.0. The van der Waals surface area contributed by atoms with Crippen LogP contribution in [0.15, 0.2) is 72.6 Å². The summed E-state index contributed by atoms with van der Waals surface area (Å²) in [6.07, 6.45) is 3.94. The van der Waals surface area contributed by atoms with Gasteiger partial charge < -0.3 is 29.0 Å². The van der Waals surface area contributed by atoms with Gasteiger partial charge in [-0.3, -0.25) is 4.90 Å². The standard InChI is InChI=1S/C36H40ClN5O5/c1-36(2,3)47-35(44)42-14-12-26(31(23-42)24-5-7-27(37)8-6-24)22-40-15-17-41(18-16-40)28-9-10-30(34(43)45-4)32(20-28)46-29-19-25-11-13-38-33(25)39-21-29/h5-11,13,19-21H,12,14-18,22-23H2,1-4H3,(H,38,39). The van der Waals surface area contributed by atoms with E-state index in [1.165, 1.54) is 12.7 Å². The van der Waals surface area contributed by atoms with Crippen LogP contribution >= 0.6 is 11.6 Å². The Hall–Kier alpha value is -4.54. The Labute approximate surface area is 279 Å². The van der Waals surface area contributed by atoms with E-state index in [4.69, 9.17) is 25.8 Å². The molecule has 1 fully saturated rings. The number of amides is 1. The Balaban J connectivity index is 1.16. The molecular weight excluding hydrogens is 618 g/mol. The Morgan fingerprint density at radius 2 is 1.74 bits per heavy atom. The Kier molecular flexibility index (Phi) is 9.42. The van der Waals surface area contributed by atoms with Gasteiger partial charge in [0.2, 0.25) is 0 Å². The summed E-state index contributed by atoms with van der Waals surface area (Å²) in [5.41, 5.74) is 5.07. The summed E-state index contributed by atoms with van der Waals surface area (Å²) in [6.45, 7) is 10.9. The molecule has 1 saturated heterocycles. The number of aromatic amines is 1. The van der Waals surface area contributed by atoms with E-state index < -0.39 is 11.6 Å². The van der Waals surface area contributed by atoms with Crippen molar-refractivity contribution < 1.29 is 23.8 Å². The number of esters is 1. The van der Waals surface area contributed by atoms with Gasteiger partial charge in [0.05, 0.1) is 13.3 Å². The molecule has 0 unspecified atom stereocenters. The lowest BCUT2D eigenvalue weighted by Crippen LogP contribution is -2.48. The second kappa shape index (κ2) is 13.7. The molecule has 2 aromatic carbocycles. The Bertz CT molecular complexity index is 1790. The predicted octanol–water partition coefficient (Wildman–Crippen LogP) is 7.01. The summed E-state index contributed by atoms with van der Waals surface area (Å²) in [5, 5.41) is 1.60. The number of methoxy groups -OCH3 is 1. The number of rotatable bonds is 7. The first-order valence-corrected chi connectivity index (χ1v) is 16.2. The van der Waals surface area contributed by atoms with Crippen molar-refractivity contribution in [2.45, 2.75) is 32.8 Å². The molecular formula is C36H40ClN5O5. The monoisotopic (exact) mass is 657 g/mol. The van der Waals surface area contributed by atoms with Crippen LogP contribution in [-0.4, -0.2) is 90.4 Å². The number of nitrogens with zero attached hydrogens (tertiary/aromatic N) is 4. The van der Waals surface area contributed by atoms with Crippen LogP contribution < -0.4 is 9.64 Å². The lowest BCUT2D eigenvalue weighted by atomic mass is 9.93. The van der Waals surface area contributed by atoms with Crippen LogP contribution in [0.2, 0.25) is 5.02 Å². The molecule has 0 atom stereocenters. The largest absolute Gasteiger partial charge is 0.465 e. The number of hydrogen-bond acceptors (Lipinski definition) is 8. The van der Waals surface area contributed by atoms with Crippen molar-refractivity contribution in [3.05, 3.63) is 88.7 Å². The van der Waals surface area contributed by atoms with Gasteiger partial charge in [0.15, 0.2) is 0 Å². The fourth-order valence-corrected chi connectivity index (χ4v) is 6.14.